The molecule has 1 saturated carbocycles. The largest absolute Gasteiger partial charge is 0.393 e. The van der Waals surface area contributed by atoms with Gasteiger partial charge in [0.25, 0.3) is 0 Å². The molecule has 1 rings (SSSR count). The lowest BCUT2D eigenvalue weighted by molar-refractivity contribution is 0.0610. The summed E-state index contributed by atoms with van der Waals surface area (Å²) in [5.74, 6) is 0.372. The van der Waals surface area contributed by atoms with Gasteiger partial charge >= 0.3 is 0 Å². The highest BCUT2D eigenvalue weighted by atomic mass is 16.3. The summed E-state index contributed by atoms with van der Waals surface area (Å²) in [5.41, 5.74) is 0. The molecule has 1 aliphatic rings. The predicted octanol–water partition coefficient (Wildman–Crippen LogP) is 0.918. The first kappa shape index (κ1) is 8.02. The average Bonchev–Trinajstić information content (AvgIpc) is 1.96. The molecule has 2 N–H and O–H groups in total. The van der Waals surface area contributed by atoms with E-state index in [4.69, 9.17) is 0 Å². The monoisotopic (exact) mass is 144 g/mol. The van der Waals surface area contributed by atoms with Gasteiger partial charge in [0.15, 0.2) is 0 Å². The summed E-state index contributed by atoms with van der Waals surface area (Å²) in [5, 5.41) is 18.6. The molecule has 10 heavy (non-hydrogen) atoms. The van der Waals surface area contributed by atoms with Crippen molar-refractivity contribution in [2.24, 2.45) is 5.92 Å². The third kappa shape index (κ3) is 1.96. The summed E-state index contributed by atoms with van der Waals surface area (Å²) in [7, 11) is 0. The Morgan fingerprint density at radius 2 is 1.90 bits per heavy atom. The van der Waals surface area contributed by atoms with Crippen molar-refractivity contribution in [3.05, 3.63) is 0 Å². The molecular formula is C8H16O2. The Morgan fingerprint density at radius 3 is 2.60 bits per heavy atom. The molecule has 0 aromatic carbocycles. The number of hydrogen-bond donors (Lipinski definition) is 2. The molecule has 1 aliphatic carbocycles. The zero-order valence-electron chi connectivity index (χ0n) is 6.45. The molecule has 3 atom stereocenters. The standard InChI is InChI=1S/C8H16O2/c1-6-3-2-4-7(9)5-8(6)10/h6-10H,2-5H2,1H3. The van der Waals surface area contributed by atoms with E-state index < -0.39 is 0 Å². The van der Waals surface area contributed by atoms with E-state index in [9.17, 15) is 10.2 Å². The van der Waals surface area contributed by atoms with Crippen molar-refractivity contribution in [1.29, 1.82) is 0 Å². The minimum Gasteiger partial charge on any atom is -0.393 e. The highest BCUT2D eigenvalue weighted by molar-refractivity contribution is 4.73. The van der Waals surface area contributed by atoms with E-state index in [1.807, 2.05) is 6.92 Å². The normalized spacial score (nSPS) is 42.9. The molecular weight excluding hydrogens is 128 g/mol. The van der Waals surface area contributed by atoms with E-state index in [1.54, 1.807) is 0 Å². The van der Waals surface area contributed by atoms with E-state index in [-0.39, 0.29) is 12.2 Å². The van der Waals surface area contributed by atoms with Gasteiger partial charge in [-0.2, -0.15) is 0 Å². The van der Waals surface area contributed by atoms with Crippen molar-refractivity contribution in [1.82, 2.24) is 0 Å². The van der Waals surface area contributed by atoms with Gasteiger partial charge in [0.1, 0.15) is 0 Å². The van der Waals surface area contributed by atoms with Crippen LogP contribution in [0.5, 0.6) is 0 Å². The SMILES string of the molecule is CC1CCCC(O)CC1O. The summed E-state index contributed by atoms with van der Waals surface area (Å²) < 4.78 is 0. The van der Waals surface area contributed by atoms with Crippen molar-refractivity contribution in [3.63, 3.8) is 0 Å². The van der Waals surface area contributed by atoms with Crippen LogP contribution in [0.15, 0.2) is 0 Å². The Balaban J connectivity index is 2.41. The van der Waals surface area contributed by atoms with Gasteiger partial charge < -0.3 is 10.2 Å². The van der Waals surface area contributed by atoms with Gasteiger partial charge in [0.2, 0.25) is 0 Å². The summed E-state index contributed by atoms with van der Waals surface area (Å²) in [4.78, 5) is 0. The highest BCUT2D eigenvalue weighted by Gasteiger charge is 2.21. The Morgan fingerprint density at radius 1 is 1.20 bits per heavy atom. The van der Waals surface area contributed by atoms with Crippen molar-refractivity contribution in [2.45, 2.75) is 44.8 Å². The van der Waals surface area contributed by atoms with E-state index in [0.29, 0.717) is 12.3 Å². The van der Waals surface area contributed by atoms with Crippen LogP contribution >= 0.6 is 0 Å². The van der Waals surface area contributed by atoms with Crippen LogP contribution in [-0.4, -0.2) is 22.4 Å². The first-order valence-electron chi connectivity index (χ1n) is 4.06. The summed E-state index contributed by atoms with van der Waals surface area (Å²) in [6.07, 6.45) is 3.00. The summed E-state index contributed by atoms with van der Waals surface area (Å²) >= 11 is 0. The second-order valence-electron chi connectivity index (χ2n) is 3.37. The van der Waals surface area contributed by atoms with E-state index >= 15 is 0 Å². The molecule has 2 heteroatoms. The topological polar surface area (TPSA) is 40.5 Å². The lowest BCUT2D eigenvalue weighted by Gasteiger charge is -2.15. The van der Waals surface area contributed by atoms with Crippen molar-refractivity contribution >= 4 is 0 Å². The van der Waals surface area contributed by atoms with Crippen LogP contribution in [-0.2, 0) is 0 Å². The van der Waals surface area contributed by atoms with Crippen LogP contribution in [0, 0.1) is 5.92 Å². The van der Waals surface area contributed by atoms with Crippen LogP contribution in [0.1, 0.15) is 32.6 Å². The zero-order valence-corrected chi connectivity index (χ0v) is 6.45. The van der Waals surface area contributed by atoms with Crippen LogP contribution in [0.2, 0.25) is 0 Å². The third-order valence-corrected chi connectivity index (χ3v) is 2.37. The van der Waals surface area contributed by atoms with E-state index in [2.05, 4.69) is 0 Å². The van der Waals surface area contributed by atoms with Crippen LogP contribution in [0.3, 0.4) is 0 Å². The molecule has 60 valence electrons. The lowest BCUT2D eigenvalue weighted by atomic mass is 10.00. The fraction of sp³-hybridized carbons (Fsp3) is 1.00. The zero-order chi connectivity index (χ0) is 7.56. The fourth-order valence-corrected chi connectivity index (χ4v) is 1.50. The smallest absolute Gasteiger partial charge is 0.0590 e. The number of aliphatic hydroxyl groups excluding tert-OH is 2. The van der Waals surface area contributed by atoms with Gasteiger partial charge in [-0.1, -0.05) is 13.3 Å². The van der Waals surface area contributed by atoms with Crippen molar-refractivity contribution < 1.29 is 10.2 Å². The van der Waals surface area contributed by atoms with Crippen molar-refractivity contribution in [3.8, 4) is 0 Å². The maximum Gasteiger partial charge on any atom is 0.0590 e. The molecule has 0 heterocycles. The summed E-state index contributed by atoms with van der Waals surface area (Å²) in [6, 6.07) is 0. The van der Waals surface area contributed by atoms with Crippen LogP contribution in [0.25, 0.3) is 0 Å². The second-order valence-corrected chi connectivity index (χ2v) is 3.37. The molecule has 0 radical (unpaired) electrons. The molecule has 0 aromatic rings. The number of rotatable bonds is 0. The first-order chi connectivity index (χ1) is 4.70. The van der Waals surface area contributed by atoms with Gasteiger partial charge in [-0.05, 0) is 25.2 Å². The fourth-order valence-electron chi connectivity index (χ4n) is 1.50. The minimum absolute atomic E-state index is 0.264. The Hall–Kier alpha value is -0.0800. The molecule has 0 spiro atoms. The number of hydrogen-bond acceptors (Lipinski definition) is 2. The van der Waals surface area contributed by atoms with Crippen LogP contribution in [0.4, 0.5) is 0 Å². The molecule has 1 fully saturated rings. The van der Waals surface area contributed by atoms with Gasteiger partial charge in [-0.25, -0.2) is 0 Å². The van der Waals surface area contributed by atoms with Gasteiger partial charge in [-0.15, -0.1) is 0 Å². The molecule has 3 unspecified atom stereocenters. The van der Waals surface area contributed by atoms with Crippen molar-refractivity contribution in [2.75, 3.05) is 0 Å². The molecule has 0 aromatic heterocycles. The average molecular weight is 144 g/mol. The molecule has 0 aliphatic heterocycles. The van der Waals surface area contributed by atoms with E-state index in [1.165, 1.54) is 0 Å². The molecule has 0 bridgehead atoms. The van der Waals surface area contributed by atoms with Gasteiger partial charge in [0, 0.05) is 0 Å². The Kier molecular flexibility index (Phi) is 2.69. The second kappa shape index (κ2) is 3.35. The Bertz CT molecular complexity index is 103. The maximum absolute atomic E-state index is 9.37. The van der Waals surface area contributed by atoms with Gasteiger partial charge in [-0.3, -0.25) is 0 Å². The van der Waals surface area contributed by atoms with Crippen LogP contribution < -0.4 is 0 Å². The quantitative estimate of drug-likeness (QED) is 0.496. The minimum atomic E-state index is -0.280. The Labute approximate surface area is 61.9 Å². The molecule has 2 nitrogen and oxygen atoms in total. The van der Waals surface area contributed by atoms with E-state index in [0.717, 1.165) is 19.3 Å². The highest BCUT2D eigenvalue weighted by Crippen LogP contribution is 2.22. The third-order valence-electron chi connectivity index (χ3n) is 2.37. The predicted molar refractivity (Wildman–Crippen MR) is 39.6 cm³/mol. The number of aliphatic hydroxyl groups is 2. The molecule has 0 amide bonds. The first-order valence-corrected chi connectivity index (χ1v) is 4.06. The van der Waals surface area contributed by atoms with Gasteiger partial charge in [0.05, 0.1) is 12.2 Å². The molecule has 0 saturated heterocycles. The summed E-state index contributed by atoms with van der Waals surface area (Å²) in [6.45, 7) is 2.04. The lowest BCUT2D eigenvalue weighted by Crippen LogP contribution is -2.20. The maximum atomic E-state index is 9.37.